The van der Waals surface area contributed by atoms with Gasteiger partial charge in [0.25, 0.3) is 0 Å². The summed E-state index contributed by atoms with van der Waals surface area (Å²) in [4.78, 5) is 10.7. The van der Waals surface area contributed by atoms with Crippen molar-refractivity contribution in [3.05, 3.63) is 0 Å². The molecule has 0 aromatic carbocycles. The molecular formula is C10H20O4. The van der Waals surface area contributed by atoms with E-state index in [2.05, 4.69) is 0 Å². The van der Waals surface area contributed by atoms with Crippen molar-refractivity contribution < 1.29 is 19.4 Å². The maximum absolute atomic E-state index is 10.7. The summed E-state index contributed by atoms with van der Waals surface area (Å²) in [7, 11) is 0. The summed E-state index contributed by atoms with van der Waals surface area (Å²) in [6.07, 6.45) is 2.85. The Labute approximate surface area is 85.2 Å². The summed E-state index contributed by atoms with van der Waals surface area (Å²) in [5, 5.41) is 8.46. The zero-order chi connectivity index (χ0) is 10.6. The average molecular weight is 204 g/mol. The molecule has 0 saturated heterocycles. The summed E-state index contributed by atoms with van der Waals surface area (Å²) >= 11 is 0. The standard InChI is InChI=1S/C10H20O4/c1-2-10(12)14-9-4-3-7-13-8-5-6-11/h11H,2-9H2,1H3. The van der Waals surface area contributed by atoms with E-state index in [-0.39, 0.29) is 12.6 Å². The third-order valence-corrected chi connectivity index (χ3v) is 1.68. The number of carbonyl (C=O) groups excluding carboxylic acids is 1. The van der Waals surface area contributed by atoms with Crippen LogP contribution in [-0.2, 0) is 14.3 Å². The van der Waals surface area contributed by atoms with Crippen LogP contribution in [0.25, 0.3) is 0 Å². The van der Waals surface area contributed by atoms with E-state index in [1.165, 1.54) is 0 Å². The molecule has 4 nitrogen and oxygen atoms in total. The average Bonchev–Trinajstić information content (AvgIpc) is 2.21. The molecule has 0 radical (unpaired) electrons. The molecule has 0 atom stereocenters. The maximum atomic E-state index is 10.7. The minimum atomic E-state index is -0.147. The fourth-order valence-electron chi connectivity index (χ4n) is 0.863. The van der Waals surface area contributed by atoms with Crippen LogP contribution in [0.15, 0.2) is 0 Å². The van der Waals surface area contributed by atoms with E-state index in [1.807, 2.05) is 0 Å². The molecular weight excluding hydrogens is 184 g/mol. The van der Waals surface area contributed by atoms with Gasteiger partial charge in [0.2, 0.25) is 0 Å². The number of aliphatic hydroxyl groups is 1. The highest BCUT2D eigenvalue weighted by molar-refractivity contribution is 5.68. The molecule has 0 aromatic rings. The van der Waals surface area contributed by atoms with Crippen LogP contribution in [0.1, 0.15) is 32.6 Å². The van der Waals surface area contributed by atoms with E-state index in [1.54, 1.807) is 6.92 Å². The number of hydrogen-bond donors (Lipinski definition) is 1. The molecule has 0 unspecified atom stereocenters. The first-order valence-electron chi connectivity index (χ1n) is 5.15. The summed E-state index contributed by atoms with van der Waals surface area (Å²) in [5.41, 5.74) is 0. The molecule has 0 fully saturated rings. The lowest BCUT2D eigenvalue weighted by Gasteiger charge is -2.04. The van der Waals surface area contributed by atoms with E-state index in [4.69, 9.17) is 14.6 Å². The molecule has 0 saturated carbocycles. The van der Waals surface area contributed by atoms with Crippen molar-refractivity contribution in [1.29, 1.82) is 0 Å². The normalized spacial score (nSPS) is 10.1. The number of unbranched alkanes of at least 4 members (excludes halogenated alkanes) is 1. The van der Waals surface area contributed by atoms with E-state index in [9.17, 15) is 4.79 Å². The van der Waals surface area contributed by atoms with E-state index in [0.29, 0.717) is 32.7 Å². The number of rotatable bonds is 9. The summed E-state index contributed by atoms with van der Waals surface area (Å²) in [6, 6.07) is 0. The Hall–Kier alpha value is -0.610. The van der Waals surface area contributed by atoms with Gasteiger partial charge in [-0.2, -0.15) is 0 Å². The van der Waals surface area contributed by atoms with Gasteiger partial charge in [0.15, 0.2) is 0 Å². The Morgan fingerprint density at radius 3 is 2.43 bits per heavy atom. The summed E-state index contributed by atoms with van der Waals surface area (Å²) in [6.45, 7) is 3.71. The number of carbonyl (C=O) groups is 1. The predicted octanol–water partition coefficient (Wildman–Crippen LogP) is 1.12. The van der Waals surface area contributed by atoms with Crippen molar-refractivity contribution >= 4 is 5.97 Å². The Morgan fingerprint density at radius 1 is 1.14 bits per heavy atom. The molecule has 0 aliphatic heterocycles. The van der Waals surface area contributed by atoms with Crippen molar-refractivity contribution in [3.63, 3.8) is 0 Å². The maximum Gasteiger partial charge on any atom is 0.305 e. The molecule has 0 rings (SSSR count). The highest BCUT2D eigenvalue weighted by atomic mass is 16.5. The van der Waals surface area contributed by atoms with Gasteiger partial charge in [-0.05, 0) is 19.3 Å². The number of aliphatic hydroxyl groups excluding tert-OH is 1. The highest BCUT2D eigenvalue weighted by Crippen LogP contribution is 1.94. The molecule has 0 amide bonds. The molecule has 0 aliphatic carbocycles. The van der Waals surface area contributed by atoms with Gasteiger partial charge in [-0.3, -0.25) is 4.79 Å². The van der Waals surface area contributed by atoms with Gasteiger partial charge >= 0.3 is 5.97 Å². The molecule has 0 aliphatic rings. The zero-order valence-electron chi connectivity index (χ0n) is 8.83. The predicted molar refractivity (Wildman–Crippen MR) is 53.0 cm³/mol. The summed E-state index contributed by atoms with van der Waals surface area (Å²) in [5.74, 6) is -0.147. The van der Waals surface area contributed by atoms with Crippen molar-refractivity contribution in [2.24, 2.45) is 0 Å². The molecule has 0 bridgehead atoms. The van der Waals surface area contributed by atoms with Gasteiger partial charge < -0.3 is 14.6 Å². The van der Waals surface area contributed by atoms with E-state index < -0.39 is 0 Å². The Morgan fingerprint density at radius 2 is 1.79 bits per heavy atom. The molecule has 14 heavy (non-hydrogen) atoms. The van der Waals surface area contributed by atoms with Crippen molar-refractivity contribution in [2.45, 2.75) is 32.6 Å². The van der Waals surface area contributed by atoms with Crippen LogP contribution in [0, 0.1) is 0 Å². The van der Waals surface area contributed by atoms with E-state index in [0.717, 1.165) is 12.8 Å². The quantitative estimate of drug-likeness (QED) is 0.451. The first-order chi connectivity index (χ1) is 6.81. The first-order valence-corrected chi connectivity index (χ1v) is 5.15. The Bertz CT molecular complexity index is 136. The van der Waals surface area contributed by atoms with Gasteiger partial charge in [-0.15, -0.1) is 0 Å². The fraction of sp³-hybridized carbons (Fsp3) is 0.900. The van der Waals surface area contributed by atoms with Crippen LogP contribution >= 0.6 is 0 Å². The molecule has 4 heteroatoms. The number of ether oxygens (including phenoxy) is 2. The molecule has 0 aromatic heterocycles. The Balaban J connectivity index is 2.95. The summed E-state index contributed by atoms with van der Waals surface area (Å²) < 4.78 is 10.1. The molecule has 1 N–H and O–H groups in total. The van der Waals surface area contributed by atoms with Crippen molar-refractivity contribution in [1.82, 2.24) is 0 Å². The Kier molecular flexibility index (Phi) is 10.0. The third-order valence-electron chi connectivity index (χ3n) is 1.68. The topological polar surface area (TPSA) is 55.8 Å². The monoisotopic (exact) mass is 204 g/mol. The lowest BCUT2D eigenvalue weighted by molar-refractivity contribution is -0.143. The number of hydrogen-bond acceptors (Lipinski definition) is 4. The van der Waals surface area contributed by atoms with Gasteiger partial charge in [0.1, 0.15) is 0 Å². The largest absolute Gasteiger partial charge is 0.466 e. The first kappa shape index (κ1) is 13.4. The van der Waals surface area contributed by atoms with Gasteiger partial charge in [0, 0.05) is 26.2 Å². The molecule has 84 valence electrons. The lowest BCUT2D eigenvalue weighted by Crippen LogP contribution is -2.05. The number of esters is 1. The minimum Gasteiger partial charge on any atom is -0.466 e. The highest BCUT2D eigenvalue weighted by Gasteiger charge is 1.96. The lowest BCUT2D eigenvalue weighted by atomic mass is 10.3. The fourth-order valence-corrected chi connectivity index (χ4v) is 0.863. The van der Waals surface area contributed by atoms with E-state index >= 15 is 0 Å². The van der Waals surface area contributed by atoms with Crippen molar-refractivity contribution in [3.8, 4) is 0 Å². The van der Waals surface area contributed by atoms with Crippen molar-refractivity contribution in [2.75, 3.05) is 26.4 Å². The third kappa shape index (κ3) is 9.48. The second-order valence-corrected chi connectivity index (χ2v) is 2.97. The molecule has 0 heterocycles. The zero-order valence-corrected chi connectivity index (χ0v) is 8.83. The van der Waals surface area contributed by atoms with Gasteiger partial charge in [-0.1, -0.05) is 6.92 Å². The van der Waals surface area contributed by atoms with Crippen LogP contribution in [0.5, 0.6) is 0 Å². The molecule has 0 spiro atoms. The SMILES string of the molecule is CCC(=O)OCCCCOCCCO. The van der Waals surface area contributed by atoms with Gasteiger partial charge in [0.05, 0.1) is 6.61 Å². The van der Waals surface area contributed by atoms with Crippen LogP contribution in [0.3, 0.4) is 0 Å². The second-order valence-electron chi connectivity index (χ2n) is 2.97. The van der Waals surface area contributed by atoms with Crippen LogP contribution < -0.4 is 0 Å². The van der Waals surface area contributed by atoms with Crippen LogP contribution in [0.4, 0.5) is 0 Å². The van der Waals surface area contributed by atoms with Gasteiger partial charge in [-0.25, -0.2) is 0 Å². The second kappa shape index (κ2) is 10.5. The van der Waals surface area contributed by atoms with Crippen LogP contribution in [-0.4, -0.2) is 37.5 Å². The minimum absolute atomic E-state index is 0.147. The smallest absolute Gasteiger partial charge is 0.305 e. The van der Waals surface area contributed by atoms with Crippen LogP contribution in [0.2, 0.25) is 0 Å².